The Morgan fingerprint density at radius 1 is 0.688 bits per heavy atom. The molecule has 2 rings (SSSR count). The first-order valence-corrected chi connectivity index (χ1v) is 14.0. The van der Waals surface area contributed by atoms with Crippen LogP contribution in [0.1, 0.15) is 64.5 Å². The maximum Gasteiger partial charge on any atom is 0.283 e. The summed E-state index contributed by atoms with van der Waals surface area (Å²) in [6, 6.07) is 0. The Hall–Kier alpha value is -1.68. The van der Waals surface area contributed by atoms with Crippen molar-refractivity contribution in [1.29, 1.82) is 0 Å². The molecule has 2 aromatic rings. The standard InChI is InChI=1S/C22H36N2O6S2/c1-21(2,7-5-17-15-29-23-19(17)25)9-11-31(27)13-14-32(28)12-10-22(3,4)8-6-18-16-30-24-20(18)26/h15-16H,5-14H2,1-4H3,(H,23,25)(H,24,26). The molecular formula is C22H36N2O6S2. The van der Waals surface area contributed by atoms with E-state index in [9.17, 15) is 18.0 Å². The van der Waals surface area contributed by atoms with E-state index in [0.717, 1.165) is 25.7 Å². The third kappa shape index (κ3) is 9.44. The molecule has 2 heterocycles. The molecule has 182 valence electrons. The molecule has 0 fully saturated rings. The number of nitrogens with one attached hydrogen (secondary N) is 2. The summed E-state index contributed by atoms with van der Waals surface area (Å²) in [6.45, 7) is 8.43. The van der Waals surface area contributed by atoms with E-state index in [1.807, 2.05) is 0 Å². The first-order chi connectivity index (χ1) is 15.0. The predicted molar refractivity (Wildman–Crippen MR) is 128 cm³/mol. The monoisotopic (exact) mass is 488 g/mol. The Kier molecular flexibility index (Phi) is 9.94. The van der Waals surface area contributed by atoms with Crippen molar-refractivity contribution in [2.75, 3.05) is 23.0 Å². The normalized spacial score (nSPS) is 14.5. The number of aromatic amines is 2. The van der Waals surface area contributed by atoms with Crippen molar-refractivity contribution >= 4 is 21.6 Å². The third-order valence-corrected chi connectivity index (χ3v) is 8.88. The summed E-state index contributed by atoms with van der Waals surface area (Å²) in [4.78, 5) is 23.1. The van der Waals surface area contributed by atoms with E-state index in [1.54, 1.807) is 0 Å². The zero-order chi connectivity index (χ0) is 23.8. The Labute approximate surface area is 193 Å². The fourth-order valence-electron chi connectivity index (χ4n) is 3.26. The van der Waals surface area contributed by atoms with Crippen LogP contribution in [0.15, 0.2) is 31.2 Å². The maximum absolute atomic E-state index is 12.4. The first kappa shape index (κ1) is 26.6. The molecule has 2 unspecified atom stereocenters. The lowest BCUT2D eigenvalue weighted by molar-refractivity contribution is 0.323. The molecule has 0 aromatic carbocycles. The number of H-pyrrole nitrogens is 2. The van der Waals surface area contributed by atoms with Crippen molar-refractivity contribution in [2.24, 2.45) is 10.8 Å². The van der Waals surface area contributed by atoms with Crippen molar-refractivity contribution in [1.82, 2.24) is 10.3 Å². The molecule has 0 amide bonds. The summed E-state index contributed by atoms with van der Waals surface area (Å²) in [6.07, 6.45) is 7.32. The summed E-state index contributed by atoms with van der Waals surface area (Å²) >= 11 is 0. The van der Waals surface area contributed by atoms with E-state index >= 15 is 0 Å². The second kappa shape index (κ2) is 12.0. The molecule has 32 heavy (non-hydrogen) atoms. The minimum Gasteiger partial charge on any atom is -0.387 e. The van der Waals surface area contributed by atoms with Crippen LogP contribution in [0.25, 0.3) is 0 Å². The number of aryl methyl sites for hydroxylation is 2. The average Bonchev–Trinajstić information content (AvgIpc) is 3.34. The average molecular weight is 489 g/mol. The molecule has 0 saturated heterocycles. The van der Waals surface area contributed by atoms with Gasteiger partial charge in [0.2, 0.25) is 0 Å². The van der Waals surface area contributed by atoms with Gasteiger partial charge in [0.15, 0.2) is 0 Å². The lowest BCUT2D eigenvalue weighted by Gasteiger charge is -2.24. The van der Waals surface area contributed by atoms with Crippen LogP contribution in [0.3, 0.4) is 0 Å². The second-order valence-corrected chi connectivity index (χ2v) is 13.3. The van der Waals surface area contributed by atoms with Crippen LogP contribution in [-0.2, 0) is 34.4 Å². The summed E-state index contributed by atoms with van der Waals surface area (Å²) in [5.74, 6) is 2.01. The molecule has 0 bridgehead atoms. The minimum absolute atomic E-state index is 0.0424. The van der Waals surface area contributed by atoms with Crippen molar-refractivity contribution in [3.63, 3.8) is 0 Å². The highest BCUT2D eigenvalue weighted by Gasteiger charge is 2.22. The van der Waals surface area contributed by atoms with Gasteiger partial charge in [-0.25, -0.2) is 0 Å². The van der Waals surface area contributed by atoms with E-state index in [0.29, 0.717) is 47.0 Å². The van der Waals surface area contributed by atoms with Gasteiger partial charge in [0.25, 0.3) is 11.1 Å². The van der Waals surface area contributed by atoms with Crippen LogP contribution >= 0.6 is 0 Å². The van der Waals surface area contributed by atoms with Crippen LogP contribution in [-0.4, -0.2) is 41.7 Å². The second-order valence-electron chi connectivity index (χ2n) is 9.91. The quantitative estimate of drug-likeness (QED) is 0.397. The highest BCUT2D eigenvalue weighted by atomic mass is 32.2. The Balaban J connectivity index is 1.63. The number of rotatable bonds is 15. The van der Waals surface area contributed by atoms with Gasteiger partial charge in [-0.3, -0.25) is 18.0 Å². The van der Waals surface area contributed by atoms with Crippen LogP contribution in [0, 0.1) is 10.8 Å². The summed E-state index contributed by atoms with van der Waals surface area (Å²) in [5.41, 5.74) is 0.803. The maximum atomic E-state index is 12.4. The summed E-state index contributed by atoms with van der Waals surface area (Å²) < 4.78 is 34.4. The van der Waals surface area contributed by atoms with Crippen molar-refractivity contribution < 1.29 is 17.5 Å². The van der Waals surface area contributed by atoms with Gasteiger partial charge in [-0.05, 0) is 49.4 Å². The van der Waals surface area contributed by atoms with Gasteiger partial charge in [0, 0.05) is 44.6 Å². The van der Waals surface area contributed by atoms with Gasteiger partial charge >= 0.3 is 0 Å². The predicted octanol–water partition coefficient (Wildman–Crippen LogP) is 3.14. The topological polar surface area (TPSA) is 126 Å². The molecule has 8 nitrogen and oxygen atoms in total. The molecule has 0 aliphatic heterocycles. The van der Waals surface area contributed by atoms with E-state index < -0.39 is 21.6 Å². The molecular weight excluding hydrogens is 452 g/mol. The minimum atomic E-state index is -1.01. The molecule has 10 heteroatoms. The smallest absolute Gasteiger partial charge is 0.283 e. The summed E-state index contributed by atoms with van der Waals surface area (Å²) in [7, 11) is -2.02. The van der Waals surface area contributed by atoms with Gasteiger partial charge in [-0.2, -0.15) is 10.3 Å². The molecule has 0 radical (unpaired) electrons. The van der Waals surface area contributed by atoms with E-state index in [4.69, 9.17) is 9.05 Å². The zero-order valence-corrected chi connectivity index (χ0v) is 21.1. The van der Waals surface area contributed by atoms with Gasteiger partial charge in [0.1, 0.15) is 12.5 Å². The fourth-order valence-corrected chi connectivity index (χ4v) is 6.71. The molecule has 0 aliphatic carbocycles. The largest absolute Gasteiger partial charge is 0.387 e. The lowest BCUT2D eigenvalue weighted by atomic mass is 9.84. The first-order valence-electron chi connectivity index (χ1n) is 11.0. The van der Waals surface area contributed by atoms with Crippen LogP contribution in [0.4, 0.5) is 0 Å². The van der Waals surface area contributed by atoms with Gasteiger partial charge in [0.05, 0.1) is 11.1 Å². The van der Waals surface area contributed by atoms with E-state index in [1.165, 1.54) is 12.5 Å². The molecule has 2 N–H and O–H groups in total. The number of hydrogen-bond acceptors (Lipinski definition) is 6. The SMILES string of the molecule is CC(C)(CCc1co[nH]c1=O)CCS(=O)CCS(=O)CCC(C)(C)CCc1co[nH]c1=O. The number of aromatic nitrogens is 2. The zero-order valence-electron chi connectivity index (χ0n) is 19.5. The molecule has 0 aliphatic rings. The lowest BCUT2D eigenvalue weighted by Crippen LogP contribution is -2.21. The van der Waals surface area contributed by atoms with E-state index in [-0.39, 0.29) is 21.9 Å². The van der Waals surface area contributed by atoms with Crippen LogP contribution in [0.2, 0.25) is 0 Å². The van der Waals surface area contributed by atoms with Gasteiger partial charge in [-0.1, -0.05) is 27.7 Å². The van der Waals surface area contributed by atoms with Crippen LogP contribution < -0.4 is 11.1 Å². The van der Waals surface area contributed by atoms with Gasteiger partial charge in [-0.15, -0.1) is 0 Å². The van der Waals surface area contributed by atoms with Crippen LogP contribution in [0.5, 0.6) is 0 Å². The Bertz CT molecular complexity index is 918. The Morgan fingerprint density at radius 3 is 1.38 bits per heavy atom. The van der Waals surface area contributed by atoms with Crippen molar-refractivity contribution in [3.8, 4) is 0 Å². The third-order valence-electron chi connectivity index (χ3n) is 5.98. The molecule has 0 saturated carbocycles. The van der Waals surface area contributed by atoms with Gasteiger partial charge < -0.3 is 9.05 Å². The summed E-state index contributed by atoms with van der Waals surface area (Å²) in [5, 5.41) is 4.58. The number of hydrogen-bond donors (Lipinski definition) is 2. The molecule has 2 atom stereocenters. The molecule has 0 spiro atoms. The van der Waals surface area contributed by atoms with Crippen molar-refractivity contribution in [3.05, 3.63) is 44.4 Å². The Morgan fingerprint density at radius 2 is 1.06 bits per heavy atom. The fraction of sp³-hybridized carbons (Fsp3) is 0.727. The van der Waals surface area contributed by atoms with Crippen molar-refractivity contribution in [2.45, 2.75) is 66.2 Å². The highest BCUT2D eigenvalue weighted by Crippen LogP contribution is 2.28. The van der Waals surface area contributed by atoms with E-state index in [2.05, 4.69) is 38.0 Å². The molecule has 2 aromatic heterocycles. The highest BCUT2D eigenvalue weighted by molar-refractivity contribution is 7.88.